The first-order valence-electron chi connectivity index (χ1n) is 11.7. The van der Waals surface area contributed by atoms with Crippen LogP contribution in [0.2, 0.25) is 0 Å². The second-order valence-corrected chi connectivity index (χ2v) is 8.83. The maximum atomic E-state index is 13.4. The molecular weight excluding hydrogens is 480 g/mol. The molecule has 6 nitrogen and oxygen atoms in total. The molecule has 0 radical (unpaired) electrons. The number of rotatable bonds is 9. The molecular formula is C26H26F4N2O4. The Kier molecular flexibility index (Phi) is 7.63. The van der Waals surface area contributed by atoms with Gasteiger partial charge in [0.2, 0.25) is 0 Å². The van der Waals surface area contributed by atoms with E-state index in [0.717, 1.165) is 5.56 Å². The van der Waals surface area contributed by atoms with Gasteiger partial charge in [-0.2, -0.15) is 0 Å². The van der Waals surface area contributed by atoms with Crippen molar-refractivity contribution in [1.82, 2.24) is 4.90 Å². The zero-order valence-corrected chi connectivity index (χ0v) is 19.7. The van der Waals surface area contributed by atoms with Crippen LogP contribution in [0.1, 0.15) is 41.3 Å². The van der Waals surface area contributed by atoms with Gasteiger partial charge < -0.3 is 14.5 Å². The van der Waals surface area contributed by atoms with Gasteiger partial charge in [0.05, 0.1) is 6.54 Å². The number of halogens is 4. The fourth-order valence-corrected chi connectivity index (χ4v) is 4.25. The van der Waals surface area contributed by atoms with Gasteiger partial charge in [-0.05, 0) is 42.3 Å². The van der Waals surface area contributed by atoms with Crippen LogP contribution in [0.3, 0.4) is 0 Å². The molecule has 0 spiro atoms. The molecule has 0 atom stereocenters. The molecule has 10 heteroatoms. The molecule has 1 aromatic heterocycles. The zero-order chi connectivity index (χ0) is 25.9. The van der Waals surface area contributed by atoms with Crippen LogP contribution < -0.4 is 15.7 Å². The van der Waals surface area contributed by atoms with Gasteiger partial charge in [-0.3, -0.25) is 9.69 Å². The first-order valence-corrected chi connectivity index (χ1v) is 11.7. The lowest BCUT2D eigenvalue weighted by Crippen LogP contribution is -2.24. The lowest BCUT2D eigenvalue weighted by atomic mass is 10.0. The third kappa shape index (κ3) is 6.04. The summed E-state index contributed by atoms with van der Waals surface area (Å²) < 4.78 is 62.6. The number of amides is 1. The second-order valence-electron chi connectivity index (χ2n) is 8.83. The summed E-state index contributed by atoms with van der Waals surface area (Å²) >= 11 is 0. The summed E-state index contributed by atoms with van der Waals surface area (Å²) in [6.45, 7) is 1.53. The van der Waals surface area contributed by atoms with Crippen molar-refractivity contribution in [1.29, 1.82) is 0 Å². The van der Waals surface area contributed by atoms with Crippen LogP contribution in [0.4, 0.5) is 23.2 Å². The standard InChI is InChI=1S/C26H26F4N2O4/c1-2-3-19-21(35-14-22(27)28)9-6-17-12-20(25(34)36-23(17)19)24(33)31-18-7-4-16(5-8-18)13-32-11-10-26(29,30)15-32/h4-9,12,22H,2-3,10-11,13-15H2,1H3,(H,31,33). The fraction of sp³-hybridized carbons (Fsp3) is 0.385. The molecule has 2 heterocycles. The van der Waals surface area contributed by atoms with Crippen LogP contribution in [0, 0.1) is 0 Å². The van der Waals surface area contributed by atoms with Crippen molar-refractivity contribution in [2.45, 2.75) is 45.1 Å². The number of ether oxygens (including phenoxy) is 1. The van der Waals surface area contributed by atoms with Crippen LogP contribution in [0.15, 0.2) is 51.7 Å². The molecule has 2 aromatic carbocycles. The Balaban J connectivity index is 1.50. The molecule has 1 N–H and O–H groups in total. The van der Waals surface area contributed by atoms with Gasteiger partial charge in [0, 0.05) is 36.1 Å². The predicted molar refractivity (Wildman–Crippen MR) is 127 cm³/mol. The number of carbonyl (C=O) groups excluding carboxylic acids is 1. The van der Waals surface area contributed by atoms with Crippen molar-refractivity contribution in [3.63, 3.8) is 0 Å². The largest absolute Gasteiger partial charge is 0.487 e. The van der Waals surface area contributed by atoms with Gasteiger partial charge in [0.25, 0.3) is 18.3 Å². The average molecular weight is 506 g/mol. The Labute approximate surface area is 204 Å². The Bertz CT molecular complexity index is 1290. The van der Waals surface area contributed by atoms with E-state index in [2.05, 4.69) is 5.32 Å². The van der Waals surface area contributed by atoms with Crippen molar-refractivity contribution in [2.24, 2.45) is 0 Å². The highest BCUT2D eigenvalue weighted by Crippen LogP contribution is 2.30. The molecule has 192 valence electrons. The van der Waals surface area contributed by atoms with Gasteiger partial charge in [-0.1, -0.05) is 25.5 Å². The zero-order valence-electron chi connectivity index (χ0n) is 19.7. The summed E-state index contributed by atoms with van der Waals surface area (Å²) in [6.07, 6.45) is -1.70. The summed E-state index contributed by atoms with van der Waals surface area (Å²) in [5, 5.41) is 3.10. The van der Waals surface area contributed by atoms with E-state index in [4.69, 9.17) is 9.15 Å². The monoisotopic (exact) mass is 506 g/mol. The molecule has 4 rings (SSSR count). The number of nitrogens with zero attached hydrogens (tertiary/aromatic N) is 1. The molecule has 1 fully saturated rings. The summed E-state index contributed by atoms with van der Waals surface area (Å²) in [6, 6.07) is 11.2. The topological polar surface area (TPSA) is 71.8 Å². The number of fused-ring (bicyclic) bond motifs is 1. The number of likely N-dealkylation sites (tertiary alicyclic amines) is 1. The number of nitrogens with one attached hydrogen (secondary N) is 1. The highest BCUT2D eigenvalue weighted by atomic mass is 19.3. The van der Waals surface area contributed by atoms with Crippen molar-refractivity contribution in [2.75, 3.05) is 25.0 Å². The molecule has 0 saturated carbocycles. The number of carbonyl (C=O) groups is 1. The SMILES string of the molecule is CCCc1c(OCC(F)F)ccc2cc(C(=O)Nc3ccc(CN4CCC(F)(F)C4)cc3)c(=O)oc12. The molecule has 1 amide bonds. The Hall–Kier alpha value is -3.40. The summed E-state index contributed by atoms with van der Waals surface area (Å²) in [5.74, 6) is -3.12. The van der Waals surface area contributed by atoms with E-state index in [-0.39, 0.29) is 29.9 Å². The fourth-order valence-electron chi connectivity index (χ4n) is 4.25. The van der Waals surface area contributed by atoms with Crippen LogP contribution in [0.5, 0.6) is 5.75 Å². The molecule has 3 aromatic rings. The molecule has 0 bridgehead atoms. The van der Waals surface area contributed by atoms with Crippen LogP contribution in [0.25, 0.3) is 11.0 Å². The number of benzene rings is 2. The number of anilines is 1. The van der Waals surface area contributed by atoms with Crippen molar-refractivity contribution >= 4 is 22.6 Å². The van der Waals surface area contributed by atoms with Gasteiger partial charge in [0.15, 0.2) is 0 Å². The highest BCUT2D eigenvalue weighted by Gasteiger charge is 2.37. The van der Waals surface area contributed by atoms with E-state index >= 15 is 0 Å². The minimum absolute atomic E-state index is 0.153. The lowest BCUT2D eigenvalue weighted by molar-refractivity contribution is 0.0115. The number of hydrogen-bond acceptors (Lipinski definition) is 5. The summed E-state index contributed by atoms with van der Waals surface area (Å²) in [5.41, 5.74) is 0.860. The number of alkyl halides is 4. The minimum atomic E-state index is -2.66. The maximum Gasteiger partial charge on any atom is 0.349 e. The third-order valence-corrected chi connectivity index (χ3v) is 5.94. The minimum Gasteiger partial charge on any atom is -0.487 e. The van der Waals surface area contributed by atoms with Crippen molar-refractivity contribution in [3.05, 3.63) is 69.6 Å². The normalized spacial score (nSPS) is 15.5. The molecule has 1 saturated heterocycles. The van der Waals surface area contributed by atoms with Crippen molar-refractivity contribution in [3.8, 4) is 5.75 Å². The van der Waals surface area contributed by atoms with E-state index in [9.17, 15) is 27.2 Å². The van der Waals surface area contributed by atoms with Crippen LogP contribution >= 0.6 is 0 Å². The maximum absolute atomic E-state index is 13.4. The van der Waals surface area contributed by atoms with Gasteiger partial charge in [-0.15, -0.1) is 0 Å². The van der Waals surface area contributed by atoms with Gasteiger partial charge in [0.1, 0.15) is 23.5 Å². The van der Waals surface area contributed by atoms with Crippen molar-refractivity contribution < 1.29 is 31.5 Å². The van der Waals surface area contributed by atoms with Gasteiger partial charge in [-0.25, -0.2) is 22.4 Å². The highest BCUT2D eigenvalue weighted by molar-refractivity contribution is 6.05. The average Bonchev–Trinajstić information content (AvgIpc) is 3.17. The van der Waals surface area contributed by atoms with Crippen LogP contribution in [-0.2, 0) is 13.0 Å². The Morgan fingerprint density at radius 3 is 2.58 bits per heavy atom. The number of hydrogen-bond donors (Lipinski definition) is 1. The smallest absolute Gasteiger partial charge is 0.349 e. The Morgan fingerprint density at radius 2 is 1.94 bits per heavy atom. The van der Waals surface area contributed by atoms with Crippen LogP contribution in [-0.4, -0.2) is 42.9 Å². The van der Waals surface area contributed by atoms with E-state index in [1.54, 1.807) is 35.2 Å². The first kappa shape index (κ1) is 25.7. The van der Waals surface area contributed by atoms with E-state index < -0.39 is 30.5 Å². The molecule has 36 heavy (non-hydrogen) atoms. The second kappa shape index (κ2) is 10.7. The van der Waals surface area contributed by atoms with Gasteiger partial charge >= 0.3 is 5.63 Å². The predicted octanol–water partition coefficient (Wildman–Crippen LogP) is 5.48. The third-order valence-electron chi connectivity index (χ3n) is 5.94. The Morgan fingerprint density at radius 1 is 1.19 bits per heavy atom. The molecule has 1 aliphatic rings. The first-order chi connectivity index (χ1) is 17.1. The molecule has 0 aliphatic carbocycles. The summed E-state index contributed by atoms with van der Waals surface area (Å²) in [7, 11) is 0. The van der Waals surface area contributed by atoms with E-state index in [0.29, 0.717) is 42.6 Å². The lowest BCUT2D eigenvalue weighted by Gasteiger charge is -2.16. The molecule has 1 aliphatic heterocycles. The van der Waals surface area contributed by atoms with E-state index in [1.807, 2.05) is 6.92 Å². The quantitative estimate of drug-likeness (QED) is 0.307. The number of aryl methyl sites for hydroxylation is 1. The summed E-state index contributed by atoms with van der Waals surface area (Å²) in [4.78, 5) is 27.1. The van der Waals surface area contributed by atoms with E-state index in [1.165, 1.54) is 12.1 Å². The molecule has 0 unspecified atom stereocenters.